The molecule has 3 rings (SSSR count). The molecule has 1 fully saturated rings. The summed E-state index contributed by atoms with van der Waals surface area (Å²) in [5, 5.41) is 2.54. The van der Waals surface area contributed by atoms with E-state index in [0.717, 1.165) is 22.9 Å². The Morgan fingerprint density at radius 2 is 1.83 bits per heavy atom. The quantitative estimate of drug-likeness (QED) is 0.842. The van der Waals surface area contributed by atoms with Gasteiger partial charge >= 0.3 is 0 Å². The van der Waals surface area contributed by atoms with Gasteiger partial charge in [0.15, 0.2) is 0 Å². The summed E-state index contributed by atoms with van der Waals surface area (Å²) in [5.41, 5.74) is 1.74. The van der Waals surface area contributed by atoms with Crippen LogP contribution < -0.4 is 10.1 Å². The highest BCUT2D eigenvalue weighted by Gasteiger charge is 2.24. The van der Waals surface area contributed by atoms with E-state index in [1.165, 1.54) is 0 Å². The van der Waals surface area contributed by atoms with Crippen molar-refractivity contribution in [2.24, 2.45) is 0 Å². The fourth-order valence-electron chi connectivity index (χ4n) is 2.01. The molecule has 0 bridgehead atoms. The first kappa shape index (κ1) is 15.6. The van der Waals surface area contributed by atoms with Crippen LogP contribution in [-0.4, -0.2) is 11.1 Å². The molecule has 0 aromatic heterocycles. The van der Waals surface area contributed by atoms with Crippen LogP contribution >= 0.6 is 23.4 Å². The molecule has 0 radical (unpaired) electrons. The summed E-state index contributed by atoms with van der Waals surface area (Å²) in [5.74, 6) is 0.339. The number of carbonyl (C=O) groups is 2. The zero-order valence-electron chi connectivity index (χ0n) is 11.9. The topological polar surface area (TPSA) is 55.4 Å². The molecular formula is C17H12ClNO3S. The smallest absolute Gasteiger partial charge is 0.290 e. The molecule has 1 aliphatic rings. The van der Waals surface area contributed by atoms with Crippen molar-refractivity contribution in [1.82, 2.24) is 5.32 Å². The normalized spacial score (nSPS) is 15.8. The minimum atomic E-state index is -0.362. The molecule has 2 aromatic carbocycles. The van der Waals surface area contributed by atoms with E-state index in [2.05, 4.69) is 5.32 Å². The summed E-state index contributed by atoms with van der Waals surface area (Å²) >= 11 is 6.98. The summed E-state index contributed by atoms with van der Waals surface area (Å²) in [4.78, 5) is 23.0. The van der Waals surface area contributed by atoms with Crippen molar-refractivity contribution in [3.05, 3.63) is 69.6 Å². The number of ether oxygens (including phenoxy) is 1. The maximum absolute atomic E-state index is 11.5. The predicted octanol–water partition coefficient (Wildman–Crippen LogP) is 4.24. The van der Waals surface area contributed by atoms with Crippen LogP contribution in [0.15, 0.2) is 53.4 Å². The van der Waals surface area contributed by atoms with Crippen molar-refractivity contribution < 1.29 is 14.3 Å². The second-order valence-electron chi connectivity index (χ2n) is 4.80. The Kier molecular flexibility index (Phi) is 4.69. The molecule has 6 heteroatoms. The number of hydrogen-bond donors (Lipinski definition) is 1. The number of nitrogens with one attached hydrogen (secondary N) is 1. The zero-order valence-corrected chi connectivity index (χ0v) is 13.5. The van der Waals surface area contributed by atoms with Crippen molar-refractivity contribution in [2.75, 3.05) is 0 Å². The van der Waals surface area contributed by atoms with Gasteiger partial charge in [0.25, 0.3) is 11.1 Å². The molecule has 0 atom stereocenters. The molecule has 116 valence electrons. The van der Waals surface area contributed by atoms with Crippen molar-refractivity contribution in [3.63, 3.8) is 0 Å². The van der Waals surface area contributed by atoms with E-state index >= 15 is 0 Å². The minimum Gasteiger partial charge on any atom is -0.489 e. The lowest BCUT2D eigenvalue weighted by atomic mass is 10.2. The second kappa shape index (κ2) is 6.89. The van der Waals surface area contributed by atoms with E-state index in [9.17, 15) is 9.59 Å². The summed E-state index contributed by atoms with van der Waals surface area (Å²) in [6.45, 7) is 0.382. The molecule has 4 nitrogen and oxygen atoms in total. The van der Waals surface area contributed by atoms with Crippen LogP contribution in [0.1, 0.15) is 11.1 Å². The molecule has 1 N–H and O–H groups in total. The summed E-state index contributed by atoms with van der Waals surface area (Å²) in [6.07, 6.45) is 1.67. The molecule has 2 amide bonds. The second-order valence-corrected chi connectivity index (χ2v) is 6.22. The van der Waals surface area contributed by atoms with Crippen molar-refractivity contribution in [2.45, 2.75) is 6.61 Å². The van der Waals surface area contributed by atoms with E-state index < -0.39 is 0 Å². The van der Waals surface area contributed by atoms with E-state index in [-0.39, 0.29) is 11.1 Å². The number of benzene rings is 2. The van der Waals surface area contributed by atoms with Crippen molar-refractivity contribution in [3.8, 4) is 5.75 Å². The van der Waals surface area contributed by atoms with E-state index in [4.69, 9.17) is 16.3 Å². The number of amides is 2. The fraction of sp³-hybridized carbons (Fsp3) is 0.0588. The first-order valence-corrected chi connectivity index (χ1v) is 8.02. The molecule has 2 aromatic rings. The van der Waals surface area contributed by atoms with Gasteiger partial charge in [-0.15, -0.1) is 0 Å². The van der Waals surface area contributed by atoms with Crippen LogP contribution in [0.25, 0.3) is 6.08 Å². The van der Waals surface area contributed by atoms with Crippen LogP contribution in [0.2, 0.25) is 5.02 Å². The first-order valence-electron chi connectivity index (χ1n) is 6.83. The van der Waals surface area contributed by atoms with Crippen LogP contribution in [0, 0.1) is 0 Å². The number of rotatable bonds is 4. The standard InChI is InChI=1S/C17H12ClNO3S/c18-14-4-2-1-3-12(14)10-22-13-7-5-11(6-8-13)9-15-16(20)19-17(21)23-15/h1-9H,10H2,(H,19,20,21)/b15-9-. The minimum absolute atomic E-state index is 0.346. The molecule has 0 spiro atoms. The average molecular weight is 346 g/mol. The Morgan fingerprint density at radius 3 is 2.48 bits per heavy atom. The number of thioether (sulfide) groups is 1. The highest BCUT2D eigenvalue weighted by molar-refractivity contribution is 8.18. The Balaban J connectivity index is 1.66. The maximum atomic E-state index is 11.5. The Morgan fingerprint density at radius 1 is 1.09 bits per heavy atom. The first-order chi connectivity index (χ1) is 11.1. The van der Waals surface area contributed by atoms with Crippen LogP contribution in [0.4, 0.5) is 4.79 Å². The van der Waals surface area contributed by atoms with Gasteiger partial charge in [-0.25, -0.2) is 0 Å². The highest BCUT2D eigenvalue weighted by Crippen LogP contribution is 2.26. The third-order valence-corrected chi connectivity index (χ3v) is 4.35. The third-order valence-electron chi connectivity index (χ3n) is 3.17. The van der Waals surface area contributed by atoms with Crippen LogP contribution in [0.5, 0.6) is 5.75 Å². The number of carbonyl (C=O) groups excluding carboxylic acids is 2. The van der Waals surface area contributed by atoms with Gasteiger partial charge in [-0.1, -0.05) is 41.9 Å². The van der Waals surface area contributed by atoms with Gasteiger partial charge in [0.1, 0.15) is 12.4 Å². The van der Waals surface area contributed by atoms with Gasteiger partial charge in [0.2, 0.25) is 0 Å². The molecule has 0 unspecified atom stereocenters. The lowest BCUT2D eigenvalue weighted by Crippen LogP contribution is -2.17. The monoisotopic (exact) mass is 345 g/mol. The van der Waals surface area contributed by atoms with Crippen molar-refractivity contribution in [1.29, 1.82) is 0 Å². The summed E-state index contributed by atoms with van der Waals surface area (Å²) < 4.78 is 5.69. The van der Waals surface area contributed by atoms with E-state index in [1.807, 2.05) is 48.5 Å². The van der Waals surface area contributed by atoms with Gasteiger partial charge in [-0.2, -0.15) is 0 Å². The Hall–Kier alpha value is -2.24. The van der Waals surface area contributed by atoms with Crippen molar-refractivity contribution >= 4 is 40.6 Å². The van der Waals surface area contributed by atoms with Gasteiger partial charge in [-0.05, 0) is 41.6 Å². The molecule has 0 aliphatic carbocycles. The number of hydrogen-bond acceptors (Lipinski definition) is 4. The fourth-order valence-corrected chi connectivity index (χ4v) is 2.88. The van der Waals surface area contributed by atoms with Gasteiger partial charge in [0.05, 0.1) is 4.91 Å². The molecule has 1 saturated heterocycles. The SMILES string of the molecule is O=C1NC(=O)/C(=C/c2ccc(OCc3ccccc3Cl)cc2)S1. The largest absolute Gasteiger partial charge is 0.489 e. The van der Waals surface area contributed by atoms with Gasteiger partial charge in [-0.3, -0.25) is 14.9 Å². The number of halogens is 1. The van der Waals surface area contributed by atoms with Gasteiger partial charge in [0, 0.05) is 10.6 Å². The third kappa shape index (κ3) is 3.94. The molecule has 1 aliphatic heterocycles. The lowest BCUT2D eigenvalue weighted by molar-refractivity contribution is -0.115. The molecule has 23 heavy (non-hydrogen) atoms. The maximum Gasteiger partial charge on any atom is 0.290 e. The zero-order chi connectivity index (χ0) is 16.2. The van der Waals surface area contributed by atoms with Crippen LogP contribution in [0.3, 0.4) is 0 Å². The van der Waals surface area contributed by atoms with E-state index in [0.29, 0.717) is 22.3 Å². The Labute approximate surface area is 142 Å². The highest BCUT2D eigenvalue weighted by atomic mass is 35.5. The van der Waals surface area contributed by atoms with E-state index in [1.54, 1.807) is 6.08 Å². The Bertz CT molecular complexity index is 787. The molecule has 1 heterocycles. The van der Waals surface area contributed by atoms with Crippen LogP contribution in [-0.2, 0) is 11.4 Å². The summed E-state index contributed by atoms with van der Waals surface area (Å²) in [7, 11) is 0. The average Bonchev–Trinajstić information content (AvgIpc) is 2.85. The number of imide groups is 1. The summed E-state index contributed by atoms with van der Waals surface area (Å²) in [6, 6.07) is 14.8. The molecule has 0 saturated carbocycles. The molecular weight excluding hydrogens is 334 g/mol. The lowest BCUT2D eigenvalue weighted by Gasteiger charge is -2.08. The van der Waals surface area contributed by atoms with Gasteiger partial charge < -0.3 is 4.74 Å². The predicted molar refractivity (Wildman–Crippen MR) is 91.3 cm³/mol.